The summed E-state index contributed by atoms with van der Waals surface area (Å²) in [6.07, 6.45) is 1.91. The molecule has 1 unspecified atom stereocenters. The molecule has 2 aliphatic rings. The van der Waals surface area contributed by atoms with Gasteiger partial charge in [-0.3, -0.25) is 0 Å². The van der Waals surface area contributed by atoms with Crippen molar-refractivity contribution in [3.63, 3.8) is 0 Å². The number of fused-ring (bicyclic) bond motifs is 2. The second-order valence-corrected chi connectivity index (χ2v) is 8.53. The Balaban J connectivity index is 1.59. The number of allylic oxidation sites excluding steroid dienone is 1. The Morgan fingerprint density at radius 1 is 1.25 bits per heavy atom. The summed E-state index contributed by atoms with van der Waals surface area (Å²) in [5, 5.41) is 0. The standard InChI is InChI=1S/C20H22F3N3O2/c1-19(2,3)28-18(27)25-8-13-4-12(5-14(13)9-25)16-6-15(20(21,22)23)10-26-11-24-7-17(16)26/h4,6-7,10-11,13-14H,5,8-9H2,1-3H3/t13?,14-/m1/s1. The van der Waals surface area contributed by atoms with E-state index in [0.717, 1.165) is 11.8 Å². The normalized spacial score (nSPS) is 22.5. The number of nitrogens with zero attached hydrogens (tertiary/aromatic N) is 3. The fourth-order valence-corrected chi connectivity index (χ4v) is 4.03. The summed E-state index contributed by atoms with van der Waals surface area (Å²) in [4.78, 5) is 18.0. The van der Waals surface area contributed by atoms with E-state index < -0.39 is 17.3 Å². The Bertz CT molecular complexity index is 956. The van der Waals surface area contributed by atoms with Gasteiger partial charge in [-0.25, -0.2) is 9.78 Å². The minimum atomic E-state index is -4.42. The molecule has 2 atom stereocenters. The number of imidazole rings is 1. The molecule has 28 heavy (non-hydrogen) atoms. The topological polar surface area (TPSA) is 46.8 Å². The second-order valence-electron chi connectivity index (χ2n) is 8.53. The quantitative estimate of drug-likeness (QED) is 0.710. The third-order valence-electron chi connectivity index (χ3n) is 5.23. The molecular formula is C20H22F3N3O2. The van der Waals surface area contributed by atoms with Crippen molar-refractivity contribution in [3.05, 3.63) is 42.0 Å². The van der Waals surface area contributed by atoms with E-state index in [1.54, 1.807) is 11.1 Å². The highest BCUT2D eigenvalue weighted by Gasteiger charge is 2.40. The fraction of sp³-hybridized carbons (Fsp3) is 0.500. The molecule has 3 heterocycles. The largest absolute Gasteiger partial charge is 0.444 e. The molecule has 0 saturated carbocycles. The van der Waals surface area contributed by atoms with E-state index in [4.69, 9.17) is 4.74 Å². The smallest absolute Gasteiger partial charge is 0.417 e. The molecular weight excluding hydrogens is 371 g/mol. The molecule has 1 saturated heterocycles. The number of halogens is 3. The Morgan fingerprint density at radius 3 is 2.64 bits per heavy atom. The molecule has 0 aromatic carbocycles. The molecule has 0 radical (unpaired) electrons. The van der Waals surface area contributed by atoms with Crippen LogP contribution in [0.3, 0.4) is 0 Å². The predicted octanol–water partition coefficient (Wildman–Crippen LogP) is 4.62. The summed E-state index contributed by atoms with van der Waals surface area (Å²) in [5.74, 6) is 0.320. The van der Waals surface area contributed by atoms with Gasteiger partial charge in [0.25, 0.3) is 0 Å². The molecule has 1 fully saturated rings. The number of alkyl halides is 3. The molecule has 0 N–H and O–H groups in total. The summed E-state index contributed by atoms with van der Waals surface area (Å²) in [5.41, 5.74) is 0.854. The van der Waals surface area contributed by atoms with Crippen LogP contribution in [0.15, 0.2) is 30.9 Å². The number of likely N-dealkylation sites (tertiary alicyclic amines) is 1. The maximum atomic E-state index is 13.3. The van der Waals surface area contributed by atoms with E-state index in [-0.39, 0.29) is 17.9 Å². The summed E-state index contributed by atoms with van der Waals surface area (Å²) >= 11 is 0. The lowest BCUT2D eigenvalue weighted by Crippen LogP contribution is -2.35. The number of pyridine rings is 1. The van der Waals surface area contributed by atoms with Gasteiger partial charge in [0.2, 0.25) is 0 Å². The maximum Gasteiger partial charge on any atom is 0.417 e. The highest BCUT2D eigenvalue weighted by molar-refractivity contribution is 5.80. The highest BCUT2D eigenvalue weighted by atomic mass is 19.4. The van der Waals surface area contributed by atoms with Crippen molar-refractivity contribution < 1.29 is 22.7 Å². The van der Waals surface area contributed by atoms with Crippen LogP contribution in [0.1, 0.15) is 38.3 Å². The zero-order chi connectivity index (χ0) is 20.3. The monoisotopic (exact) mass is 393 g/mol. The lowest BCUT2D eigenvalue weighted by molar-refractivity contribution is -0.137. The summed E-state index contributed by atoms with van der Waals surface area (Å²) in [6.45, 7) is 6.55. The van der Waals surface area contributed by atoms with Gasteiger partial charge in [-0.1, -0.05) is 6.08 Å². The van der Waals surface area contributed by atoms with Gasteiger partial charge in [-0.15, -0.1) is 0 Å². The number of ether oxygens (including phenoxy) is 1. The predicted molar refractivity (Wildman–Crippen MR) is 97.6 cm³/mol. The van der Waals surface area contributed by atoms with Gasteiger partial charge in [0, 0.05) is 24.8 Å². The first-order valence-corrected chi connectivity index (χ1v) is 9.23. The molecule has 0 bridgehead atoms. The molecule has 1 aliphatic heterocycles. The van der Waals surface area contributed by atoms with Gasteiger partial charge in [0.05, 0.1) is 23.6 Å². The van der Waals surface area contributed by atoms with Gasteiger partial charge < -0.3 is 14.0 Å². The first-order chi connectivity index (χ1) is 13.0. The van der Waals surface area contributed by atoms with Crippen LogP contribution in [0.5, 0.6) is 0 Å². The molecule has 1 aliphatic carbocycles. The average Bonchev–Trinajstić information content (AvgIpc) is 3.25. The second kappa shape index (κ2) is 6.25. The number of hydrogen-bond donors (Lipinski definition) is 0. The van der Waals surface area contributed by atoms with Gasteiger partial charge in [0.15, 0.2) is 0 Å². The van der Waals surface area contributed by atoms with E-state index in [1.165, 1.54) is 16.8 Å². The van der Waals surface area contributed by atoms with Crippen LogP contribution in [-0.4, -0.2) is 39.1 Å². The number of hydrogen-bond acceptors (Lipinski definition) is 3. The average molecular weight is 393 g/mol. The molecule has 4 rings (SSSR count). The third kappa shape index (κ3) is 3.47. The number of aromatic nitrogens is 2. The Kier molecular flexibility index (Phi) is 4.21. The third-order valence-corrected chi connectivity index (χ3v) is 5.23. The SMILES string of the molecule is CC(C)(C)OC(=O)N1CC2C=C(c3cc(C(F)(F)F)cn4cncc34)C[C@@H]2C1. The minimum Gasteiger partial charge on any atom is -0.444 e. The first kappa shape index (κ1) is 18.8. The number of amides is 1. The minimum absolute atomic E-state index is 0.125. The van der Waals surface area contributed by atoms with Crippen molar-refractivity contribution in [3.8, 4) is 0 Å². The Labute approximate surface area is 160 Å². The van der Waals surface area contributed by atoms with E-state index in [1.807, 2.05) is 26.8 Å². The van der Waals surface area contributed by atoms with Crippen LogP contribution in [0.2, 0.25) is 0 Å². The van der Waals surface area contributed by atoms with E-state index >= 15 is 0 Å². The maximum absolute atomic E-state index is 13.3. The summed E-state index contributed by atoms with van der Waals surface area (Å²) in [6, 6.07) is 1.20. The van der Waals surface area contributed by atoms with Crippen molar-refractivity contribution in [1.29, 1.82) is 0 Å². The van der Waals surface area contributed by atoms with Crippen LogP contribution >= 0.6 is 0 Å². The number of rotatable bonds is 1. The summed E-state index contributed by atoms with van der Waals surface area (Å²) in [7, 11) is 0. The van der Waals surface area contributed by atoms with Crippen molar-refractivity contribution in [1.82, 2.24) is 14.3 Å². The summed E-state index contributed by atoms with van der Waals surface area (Å²) < 4.78 is 46.7. The van der Waals surface area contributed by atoms with Crippen molar-refractivity contribution in [2.45, 2.75) is 39.0 Å². The Hall–Kier alpha value is -2.51. The van der Waals surface area contributed by atoms with E-state index in [2.05, 4.69) is 4.98 Å². The van der Waals surface area contributed by atoms with Crippen LogP contribution in [-0.2, 0) is 10.9 Å². The number of carbonyl (C=O) groups is 1. The van der Waals surface area contributed by atoms with Crippen LogP contribution < -0.4 is 0 Å². The molecule has 2 aromatic rings. The van der Waals surface area contributed by atoms with Crippen LogP contribution in [0.25, 0.3) is 11.1 Å². The molecule has 2 aromatic heterocycles. The van der Waals surface area contributed by atoms with E-state index in [0.29, 0.717) is 30.6 Å². The van der Waals surface area contributed by atoms with Crippen molar-refractivity contribution >= 4 is 17.2 Å². The zero-order valence-corrected chi connectivity index (χ0v) is 16.0. The lowest BCUT2D eigenvalue weighted by atomic mass is 9.98. The van der Waals surface area contributed by atoms with E-state index in [9.17, 15) is 18.0 Å². The van der Waals surface area contributed by atoms with Gasteiger partial charge >= 0.3 is 12.3 Å². The fourth-order valence-electron chi connectivity index (χ4n) is 4.03. The van der Waals surface area contributed by atoms with Crippen LogP contribution in [0, 0.1) is 11.8 Å². The molecule has 0 spiro atoms. The van der Waals surface area contributed by atoms with Crippen molar-refractivity contribution in [2.75, 3.05) is 13.1 Å². The van der Waals surface area contributed by atoms with Gasteiger partial charge in [-0.05, 0) is 50.7 Å². The lowest BCUT2D eigenvalue weighted by Gasteiger charge is -2.24. The number of carbonyl (C=O) groups excluding carboxylic acids is 1. The molecule has 8 heteroatoms. The molecule has 150 valence electrons. The zero-order valence-electron chi connectivity index (χ0n) is 16.0. The van der Waals surface area contributed by atoms with Crippen LogP contribution in [0.4, 0.5) is 18.0 Å². The van der Waals surface area contributed by atoms with Crippen molar-refractivity contribution in [2.24, 2.45) is 11.8 Å². The highest BCUT2D eigenvalue weighted by Crippen LogP contribution is 2.43. The Morgan fingerprint density at radius 2 is 2.00 bits per heavy atom. The first-order valence-electron chi connectivity index (χ1n) is 9.23. The molecule has 5 nitrogen and oxygen atoms in total. The van der Waals surface area contributed by atoms with Gasteiger partial charge in [-0.2, -0.15) is 13.2 Å². The molecule has 1 amide bonds. The van der Waals surface area contributed by atoms with Gasteiger partial charge in [0.1, 0.15) is 5.60 Å².